The number of halogens is 2. The first-order valence-corrected chi connectivity index (χ1v) is 5.92. The highest BCUT2D eigenvalue weighted by Crippen LogP contribution is 2.17. The molecule has 0 spiro atoms. The first-order valence-electron chi connectivity index (χ1n) is 5.12. The van der Waals surface area contributed by atoms with Crippen LogP contribution >= 0.6 is 15.9 Å². The third-order valence-electron chi connectivity index (χ3n) is 2.23. The zero-order valence-corrected chi connectivity index (χ0v) is 10.9. The summed E-state index contributed by atoms with van der Waals surface area (Å²) in [7, 11) is 0. The summed E-state index contributed by atoms with van der Waals surface area (Å²) in [5.41, 5.74) is 0.782. The number of hydrogen-bond donors (Lipinski definition) is 0. The van der Waals surface area contributed by atoms with E-state index in [1.165, 1.54) is 6.07 Å². The average molecular weight is 289 g/mol. The van der Waals surface area contributed by atoms with Gasteiger partial charge in [0, 0.05) is 13.0 Å². The van der Waals surface area contributed by atoms with E-state index in [9.17, 15) is 9.18 Å². The molecule has 0 aliphatic carbocycles. The Balaban J connectivity index is 2.66. The Morgan fingerprint density at radius 1 is 1.56 bits per heavy atom. The van der Waals surface area contributed by atoms with Gasteiger partial charge in [-0.1, -0.05) is 6.07 Å². The third kappa shape index (κ3) is 3.68. The number of carbonyl (C=O) groups is 1. The van der Waals surface area contributed by atoms with E-state index in [4.69, 9.17) is 4.74 Å². The van der Waals surface area contributed by atoms with E-state index >= 15 is 0 Å². The van der Waals surface area contributed by atoms with E-state index in [1.54, 1.807) is 19.1 Å². The van der Waals surface area contributed by atoms with Gasteiger partial charge in [0.05, 0.1) is 4.47 Å². The van der Waals surface area contributed by atoms with Gasteiger partial charge in [-0.15, -0.1) is 0 Å². The SMILES string of the molecule is CCOC(C)C(=O)Cc1ccc(F)c(Br)c1. The van der Waals surface area contributed by atoms with Crippen LogP contribution in [0.2, 0.25) is 0 Å². The van der Waals surface area contributed by atoms with Gasteiger partial charge in [0.15, 0.2) is 5.78 Å². The molecule has 0 saturated carbocycles. The molecule has 0 aliphatic heterocycles. The number of benzene rings is 1. The molecule has 0 fully saturated rings. The topological polar surface area (TPSA) is 26.3 Å². The van der Waals surface area contributed by atoms with Gasteiger partial charge < -0.3 is 4.74 Å². The van der Waals surface area contributed by atoms with Crippen LogP contribution in [-0.4, -0.2) is 18.5 Å². The molecule has 0 N–H and O–H groups in total. The smallest absolute Gasteiger partial charge is 0.165 e. The maximum atomic E-state index is 13.0. The van der Waals surface area contributed by atoms with E-state index in [2.05, 4.69) is 15.9 Å². The average Bonchev–Trinajstić information content (AvgIpc) is 2.24. The van der Waals surface area contributed by atoms with E-state index in [0.29, 0.717) is 11.1 Å². The van der Waals surface area contributed by atoms with Gasteiger partial charge in [-0.2, -0.15) is 0 Å². The van der Waals surface area contributed by atoms with Crippen LogP contribution in [0.4, 0.5) is 4.39 Å². The molecule has 1 atom stereocenters. The first kappa shape index (κ1) is 13.3. The lowest BCUT2D eigenvalue weighted by Crippen LogP contribution is -2.22. The fourth-order valence-electron chi connectivity index (χ4n) is 1.34. The van der Waals surface area contributed by atoms with Gasteiger partial charge in [-0.25, -0.2) is 4.39 Å². The molecular weight excluding hydrogens is 275 g/mol. The number of ether oxygens (including phenoxy) is 1. The highest BCUT2D eigenvalue weighted by Gasteiger charge is 2.13. The molecule has 1 rings (SSSR count). The van der Waals surface area contributed by atoms with E-state index in [0.717, 1.165) is 5.56 Å². The molecular formula is C12H14BrFO2. The summed E-state index contributed by atoms with van der Waals surface area (Å²) in [5.74, 6) is -0.325. The normalized spacial score (nSPS) is 12.5. The van der Waals surface area contributed by atoms with Crippen molar-refractivity contribution in [2.24, 2.45) is 0 Å². The Morgan fingerprint density at radius 2 is 2.25 bits per heavy atom. The maximum absolute atomic E-state index is 13.0. The lowest BCUT2D eigenvalue weighted by atomic mass is 10.1. The van der Waals surface area contributed by atoms with Gasteiger partial charge in [0.2, 0.25) is 0 Å². The molecule has 1 aromatic carbocycles. The van der Waals surface area contributed by atoms with Crippen LogP contribution in [0.3, 0.4) is 0 Å². The van der Waals surface area contributed by atoms with Crippen molar-refractivity contribution in [3.8, 4) is 0 Å². The molecule has 0 aliphatic rings. The van der Waals surface area contributed by atoms with Gasteiger partial charge in [0.1, 0.15) is 11.9 Å². The third-order valence-corrected chi connectivity index (χ3v) is 2.84. The van der Waals surface area contributed by atoms with E-state index in [1.807, 2.05) is 6.92 Å². The Labute approximate surface area is 103 Å². The molecule has 1 unspecified atom stereocenters. The predicted molar refractivity (Wildman–Crippen MR) is 63.9 cm³/mol. The molecule has 0 radical (unpaired) electrons. The molecule has 1 aromatic rings. The van der Waals surface area contributed by atoms with Gasteiger partial charge in [-0.3, -0.25) is 4.79 Å². The standard InChI is InChI=1S/C12H14BrFO2/c1-3-16-8(2)12(15)7-9-4-5-11(14)10(13)6-9/h4-6,8H,3,7H2,1-2H3. The Hall–Kier alpha value is -0.740. The van der Waals surface area contributed by atoms with Crippen molar-refractivity contribution in [1.29, 1.82) is 0 Å². The molecule has 4 heteroatoms. The molecule has 88 valence electrons. The first-order chi connectivity index (χ1) is 7.54. The van der Waals surface area contributed by atoms with Crippen molar-refractivity contribution in [2.45, 2.75) is 26.4 Å². The molecule has 2 nitrogen and oxygen atoms in total. The molecule has 0 amide bonds. The van der Waals surface area contributed by atoms with E-state index in [-0.39, 0.29) is 18.0 Å². The number of Topliss-reactive ketones (excluding diaryl/α,β-unsaturated/α-hetero) is 1. The lowest BCUT2D eigenvalue weighted by molar-refractivity contribution is -0.128. The minimum Gasteiger partial charge on any atom is -0.371 e. The lowest BCUT2D eigenvalue weighted by Gasteiger charge is -2.10. The highest BCUT2D eigenvalue weighted by atomic mass is 79.9. The zero-order chi connectivity index (χ0) is 12.1. The maximum Gasteiger partial charge on any atom is 0.165 e. The molecule has 0 saturated heterocycles. The molecule has 0 heterocycles. The highest BCUT2D eigenvalue weighted by molar-refractivity contribution is 9.10. The van der Waals surface area contributed by atoms with Crippen LogP contribution in [0.5, 0.6) is 0 Å². The quantitative estimate of drug-likeness (QED) is 0.832. The Kier molecular flexibility index (Phi) is 5.09. The van der Waals surface area contributed by atoms with Gasteiger partial charge in [0.25, 0.3) is 0 Å². The number of hydrogen-bond acceptors (Lipinski definition) is 2. The summed E-state index contributed by atoms with van der Waals surface area (Å²) in [6, 6.07) is 4.57. The van der Waals surface area contributed by atoms with Crippen LogP contribution in [0.1, 0.15) is 19.4 Å². The largest absolute Gasteiger partial charge is 0.371 e. The van der Waals surface area contributed by atoms with Crippen LogP contribution in [-0.2, 0) is 16.0 Å². The predicted octanol–water partition coefficient (Wildman–Crippen LogP) is 3.12. The number of carbonyl (C=O) groups excluding carboxylic acids is 1. The van der Waals surface area contributed by atoms with Crippen LogP contribution < -0.4 is 0 Å². The Morgan fingerprint density at radius 3 is 2.81 bits per heavy atom. The Bertz CT molecular complexity index is 379. The van der Waals surface area contributed by atoms with Gasteiger partial charge >= 0.3 is 0 Å². The zero-order valence-electron chi connectivity index (χ0n) is 9.30. The summed E-state index contributed by atoms with van der Waals surface area (Å²) in [6.07, 6.45) is -0.145. The summed E-state index contributed by atoms with van der Waals surface area (Å²) in [5, 5.41) is 0. The minimum absolute atomic E-state index is 0.000332. The second kappa shape index (κ2) is 6.11. The summed E-state index contributed by atoms with van der Waals surface area (Å²) >= 11 is 3.09. The van der Waals surface area contributed by atoms with Crippen LogP contribution in [0.15, 0.2) is 22.7 Å². The second-order valence-corrected chi connectivity index (χ2v) is 4.34. The molecule has 0 bridgehead atoms. The van der Waals surface area contributed by atoms with Crippen molar-refractivity contribution >= 4 is 21.7 Å². The second-order valence-electron chi connectivity index (χ2n) is 3.49. The number of rotatable bonds is 5. The van der Waals surface area contributed by atoms with Crippen LogP contribution in [0, 0.1) is 5.82 Å². The monoisotopic (exact) mass is 288 g/mol. The van der Waals surface area contributed by atoms with Crippen molar-refractivity contribution in [1.82, 2.24) is 0 Å². The van der Waals surface area contributed by atoms with Crippen LogP contribution in [0.25, 0.3) is 0 Å². The molecule has 0 aromatic heterocycles. The summed E-state index contributed by atoms with van der Waals surface area (Å²) in [4.78, 5) is 11.7. The summed E-state index contributed by atoms with van der Waals surface area (Å²) < 4.78 is 18.5. The fourth-order valence-corrected chi connectivity index (χ4v) is 1.76. The minimum atomic E-state index is -0.408. The number of ketones is 1. The van der Waals surface area contributed by atoms with Crippen molar-refractivity contribution < 1.29 is 13.9 Å². The molecule has 16 heavy (non-hydrogen) atoms. The summed E-state index contributed by atoms with van der Waals surface area (Å²) in [6.45, 7) is 4.09. The van der Waals surface area contributed by atoms with Crippen molar-refractivity contribution in [3.63, 3.8) is 0 Å². The van der Waals surface area contributed by atoms with Gasteiger partial charge in [-0.05, 0) is 47.5 Å². The van der Waals surface area contributed by atoms with E-state index < -0.39 is 6.10 Å². The van der Waals surface area contributed by atoms with Crippen molar-refractivity contribution in [3.05, 3.63) is 34.1 Å². The van der Waals surface area contributed by atoms with Crippen molar-refractivity contribution in [2.75, 3.05) is 6.61 Å². The fraction of sp³-hybridized carbons (Fsp3) is 0.417.